The normalized spacial score (nSPS) is 39.1. The van der Waals surface area contributed by atoms with Crippen molar-refractivity contribution in [2.24, 2.45) is 47.3 Å². The van der Waals surface area contributed by atoms with Crippen LogP contribution in [0.25, 0.3) is 0 Å². The van der Waals surface area contributed by atoms with Crippen LogP contribution in [0.1, 0.15) is 133 Å². The molecule has 0 bridgehead atoms. The average molecular weight is 623 g/mol. The number of rotatable bonds is 10. The van der Waals surface area contributed by atoms with Crippen molar-refractivity contribution in [1.29, 1.82) is 0 Å². The maximum absolute atomic E-state index is 13.0. The largest absolute Gasteiger partial charge is 0.509 e. The molecule has 44 heavy (non-hydrogen) atoms. The second-order valence-electron chi connectivity index (χ2n) is 16.4. The number of aliphatic hydroxyl groups is 1. The Bertz CT molecular complexity index is 888. The fourth-order valence-corrected chi connectivity index (χ4v) is 8.91. The molecule has 4 aliphatic rings. The van der Waals surface area contributed by atoms with E-state index in [0.717, 1.165) is 57.5 Å². The highest BCUT2D eigenvalue weighted by Crippen LogP contribution is 2.53. The predicted octanol–water partition coefficient (Wildman–Crippen LogP) is 8.54. The van der Waals surface area contributed by atoms with E-state index in [2.05, 4.69) is 41.5 Å². The summed E-state index contributed by atoms with van der Waals surface area (Å²) in [6, 6.07) is 0. The van der Waals surface area contributed by atoms with E-state index in [1.54, 1.807) is 0 Å². The summed E-state index contributed by atoms with van der Waals surface area (Å²) in [5.41, 5.74) is -0.664. The molecule has 3 heterocycles. The van der Waals surface area contributed by atoms with Crippen molar-refractivity contribution in [1.82, 2.24) is 0 Å². The smallest absolute Gasteiger partial charge is 0.429 e. The quantitative estimate of drug-likeness (QED) is 0.244. The Balaban J connectivity index is 1.42. The van der Waals surface area contributed by atoms with Crippen LogP contribution in [-0.4, -0.2) is 60.3 Å². The highest BCUT2D eigenvalue weighted by Gasteiger charge is 2.54. The minimum Gasteiger partial charge on any atom is -0.429 e. The number of ether oxygens (including phenoxy) is 5. The summed E-state index contributed by atoms with van der Waals surface area (Å²) < 4.78 is 30.9. The second-order valence-corrected chi connectivity index (χ2v) is 16.4. The molecule has 256 valence electrons. The topological polar surface area (TPSA) is 83.5 Å². The van der Waals surface area contributed by atoms with Gasteiger partial charge in [0.25, 0.3) is 0 Å². The van der Waals surface area contributed by atoms with Crippen molar-refractivity contribution in [3.05, 3.63) is 0 Å². The molecule has 14 atom stereocenters. The van der Waals surface area contributed by atoms with Crippen LogP contribution in [0.4, 0.5) is 4.79 Å². The summed E-state index contributed by atoms with van der Waals surface area (Å²) in [5.74, 6) is 3.73. The van der Waals surface area contributed by atoms with Gasteiger partial charge in [0.2, 0.25) is 0 Å². The first-order valence-electron chi connectivity index (χ1n) is 18.2. The van der Waals surface area contributed by atoms with E-state index in [-0.39, 0.29) is 30.3 Å². The zero-order chi connectivity index (χ0) is 32.2. The first-order chi connectivity index (χ1) is 20.7. The van der Waals surface area contributed by atoms with Crippen molar-refractivity contribution >= 4 is 6.16 Å². The monoisotopic (exact) mass is 622 g/mol. The third kappa shape index (κ3) is 9.58. The van der Waals surface area contributed by atoms with E-state index >= 15 is 0 Å². The van der Waals surface area contributed by atoms with E-state index < -0.39 is 24.0 Å². The minimum atomic E-state index is -0.693. The van der Waals surface area contributed by atoms with E-state index in [0.29, 0.717) is 42.1 Å². The number of aliphatic hydroxyl groups excluding tert-OH is 1. The van der Waals surface area contributed by atoms with Crippen molar-refractivity contribution in [2.75, 3.05) is 6.61 Å². The molecule has 7 heteroatoms. The van der Waals surface area contributed by atoms with Gasteiger partial charge in [-0.2, -0.15) is 0 Å². The first kappa shape index (κ1) is 36.0. The van der Waals surface area contributed by atoms with Crippen molar-refractivity contribution in [3.8, 4) is 0 Å². The van der Waals surface area contributed by atoms with E-state index in [9.17, 15) is 9.90 Å². The van der Waals surface area contributed by atoms with E-state index in [1.165, 1.54) is 19.3 Å². The van der Waals surface area contributed by atoms with Gasteiger partial charge >= 0.3 is 6.16 Å². The van der Waals surface area contributed by atoms with Crippen LogP contribution in [0, 0.1) is 47.3 Å². The lowest BCUT2D eigenvalue weighted by molar-refractivity contribution is -0.294. The molecule has 7 nitrogen and oxygen atoms in total. The number of carbonyl (C=O) groups excluding carboxylic acids is 1. The average Bonchev–Trinajstić information content (AvgIpc) is 3.26. The summed E-state index contributed by atoms with van der Waals surface area (Å²) in [4.78, 5) is 13.0. The SMILES string of the molecule is CC1CCC(C(C)CCCC(C)C(O)CC(OC(=O)OC(C)(C)C)C2OC3OC(C)CCC4C(C)CCC(C2C)C34)CCO1. The molecule has 4 fully saturated rings. The van der Waals surface area contributed by atoms with Crippen molar-refractivity contribution in [3.63, 3.8) is 0 Å². The standard InChI is InChI=1S/C37H66O7/c1-22(28-16-14-25(4)40-20-19-28)11-10-12-24(3)31(38)21-32(42-36(39)44-37(7,8)9)34-27(6)30-17-13-23(2)29-18-15-26(5)41-35(43-34)33(29)30/h22-35,38H,10-21H2,1-9H3. The van der Waals surface area contributed by atoms with E-state index in [1.807, 2.05) is 20.8 Å². The number of hydrogen-bond acceptors (Lipinski definition) is 7. The Morgan fingerprint density at radius 3 is 2.32 bits per heavy atom. The van der Waals surface area contributed by atoms with Gasteiger partial charge in [-0.05, 0) is 121 Å². The Kier molecular flexibility index (Phi) is 12.9. The fraction of sp³-hybridized carbons (Fsp3) is 0.973. The fourth-order valence-electron chi connectivity index (χ4n) is 8.91. The van der Waals surface area contributed by atoms with Gasteiger partial charge in [0.15, 0.2) is 6.29 Å². The first-order valence-corrected chi connectivity index (χ1v) is 18.2. The van der Waals surface area contributed by atoms with Crippen LogP contribution in [-0.2, 0) is 23.7 Å². The maximum Gasteiger partial charge on any atom is 0.509 e. The van der Waals surface area contributed by atoms with Crippen LogP contribution < -0.4 is 0 Å². The van der Waals surface area contributed by atoms with Crippen LogP contribution in [0.3, 0.4) is 0 Å². The minimum absolute atomic E-state index is 0.0881. The molecule has 0 aromatic heterocycles. The molecule has 4 rings (SSSR count). The lowest BCUT2D eigenvalue weighted by atomic mass is 9.60. The Morgan fingerprint density at radius 1 is 0.886 bits per heavy atom. The molecule has 0 aromatic rings. The van der Waals surface area contributed by atoms with Gasteiger partial charge in [0.1, 0.15) is 17.8 Å². The highest BCUT2D eigenvalue weighted by atomic mass is 16.7. The zero-order valence-corrected chi connectivity index (χ0v) is 29.5. The lowest BCUT2D eigenvalue weighted by Gasteiger charge is -2.53. The molecule has 14 unspecified atom stereocenters. The second kappa shape index (κ2) is 15.8. The van der Waals surface area contributed by atoms with Gasteiger partial charge in [-0.3, -0.25) is 0 Å². The third-order valence-electron chi connectivity index (χ3n) is 11.8. The molecule has 1 aliphatic carbocycles. The third-order valence-corrected chi connectivity index (χ3v) is 11.8. The summed E-state index contributed by atoms with van der Waals surface area (Å²) >= 11 is 0. The summed E-state index contributed by atoms with van der Waals surface area (Å²) in [6.45, 7) is 19.9. The molecule has 0 amide bonds. The zero-order valence-electron chi connectivity index (χ0n) is 29.5. The molecular weight excluding hydrogens is 556 g/mol. The molecule has 0 aromatic carbocycles. The maximum atomic E-state index is 13.0. The van der Waals surface area contributed by atoms with Gasteiger partial charge in [0.05, 0.1) is 18.3 Å². The van der Waals surface area contributed by atoms with Gasteiger partial charge in [-0.15, -0.1) is 0 Å². The van der Waals surface area contributed by atoms with Crippen LogP contribution in [0.2, 0.25) is 0 Å². The highest BCUT2D eigenvalue weighted by molar-refractivity contribution is 5.60. The Labute approximate surface area is 268 Å². The molecule has 3 saturated heterocycles. The van der Waals surface area contributed by atoms with Gasteiger partial charge in [0, 0.05) is 18.9 Å². The van der Waals surface area contributed by atoms with E-state index in [4.69, 9.17) is 23.7 Å². The number of carbonyl (C=O) groups is 1. The van der Waals surface area contributed by atoms with Crippen LogP contribution >= 0.6 is 0 Å². The van der Waals surface area contributed by atoms with Crippen LogP contribution in [0.5, 0.6) is 0 Å². The summed E-state index contributed by atoms with van der Waals surface area (Å²) in [7, 11) is 0. The van der Waals surface area contributed by atoms with Gasteiger partial charge < -0.3 is 28.8 Å². The molecule has 1 saturated carbocycles. The molecular formula is C37H66O7. The molecule has 3 aliphatic heterocycles. The number of hydrogen-bond donors (Lipinski definition) is 1. The molecule has 0 spiro atoms. The Hall–Kier alpha value is -0.890. The Morgan fingerprint density at radius 2 is 1.59 bits per heavy atom. The van der Waals surface area contributed by atoms with Gasteiger partial charge in [-0.1, -0.05) is 47.0 Å². The van der Waals surface area contributed by atoms with Gasteiger partial charge in [-0.25, -0.2) is 4.79 Å². The van der Waals surface area contributed by atoms with Crippen molar-refractivity contribution in [2.45, 2.75) is 175 Å². The predicted molar refractivity (Wildman–Crippen MR) is 173 cm³/mol. The van der Waals surface area contributed by atoms with Crippen LogP contribution in [0.15, 0.2) is 0 Å². The lowest BCUT2D eigenvalue weighted by Crippen LogP contribution is -2.57. The summed E-state index contributed by atoms with van der Waals surface area (Å²) in [6.07, 6.45) is 9.61. The molecule has 1 N–H and O–H groups in total. The van der Waals surface area contributed by atoms with Crippen molar-refractivity contribution < 1.29 is 33.6 Å². The summed E-state index contributed by atoms with van der Waals surface area (Å²) in [5, 5.41) is 11.5. The molecule has 0 radical (unpaired) electrons.